The van der Waals surface area contributed by atoms with Gasteiger partial charge in [-0.2, -0.15) is 0 Å². The van der Waals surface area contributed by atoms with Crippen LogP contribution in [0.25, 0.3) is 0 Å². The Kier molecular flexibility index (Phi) is 10.8. The van der Waals surface area contributed by atoms with Crippen LogP contribution in [-0.4, -0.2) is 36.7 Å². The minimum Gasteiger partial charge on any atom is -0.507 e. The fraction of sp³-hybridized carbons (Fsp3) is 0.390. The van der Waals surface area contributed by atoms with E-state index in [4.69, 9.17) is 26.1 Å². The van der Waals surface area contributed by atoms with Gasteiger partial charge in [0.2, 0.25) is 0 Å². The number of hydrogen-bond acceptors (Lipinski definition) is 5. The van der Waals surface area contributed by atoms with Crippen LogP contribution in [0.4, 0.5) is 0 Å². The number of aliphatic imine (C=N–C) groups is 1. The van der Waals surface area contributed by atoms with Gasteiger partial charge in [-0.1, -0.05) is 109 Å². The SMILES string of the molecule is COc1ccc(C(C)(C)C)cc1C(O)(c1cc(C(C)(C)C)ccc1OC)C(Cc1ccccc1)N=Cc1ccc(Cl)c(C(C)C)c1O. The molecule has 5 nitrogen and oxygen atoms in total. The molecule has 250 valence electrons. The van der Waals surface area contributed by atoms with Gasteiger partial charge in [-0.05, 0) is 76.3 Å². The molecule has 4 aromatic rings. The molecule has 0 radical (unpaired) electrons. The molecule has 0 aromatic heterocycles. The largest absolute Gasteiger partial charge is 0.507 e. The molecule has 0 spiro atoms. The average molecular weight is 656 g/mol. The maximum atomic E-state index is 13.7. The summed E-state index contributed by atoms with van der Waals surface area (Å²) in [5, 5.41) is 25.5. The van der Waals surface area contributed by atoms with Gasteiger partial charge in [0.1, 0.15) is 22.8 Å². The number of benzene rings is 4. The van der Waals surface area contributed by atoms with Crippen LogP contribution in [0.3, 0.4) is 0 Å². The molecule has 0 aliphatic heterocycles. The molecule has 1 unspecified atom stereocenters. The summed E-state index contributed by atoms with van der Waals surface area (Å²) < 4.78 is 12.0. The number of aromatic hydroxyl groups is 1. The van der Waals surface area contributed by atoms with E-state index < -0.39 is 11.6 Å². The highest BCUT2D eigenvalue weighted by Crippen LogP contribution is 2.47. The third-order valence-electron chi connectivity index (χ3n) is 8.87. The van der Waals surface area contributed by atoms with Crippen molar-refractivity contribution in [2.45, 2.75) is 90.2 Å². The zero-order valence-corrected chi connectivity index (χ0v) is 30.2. The van der Waals surface area contributed by atoms with Crippen LogP contribution in [0.5, 0.6) is 17.2 Å². The number of rotatable bonds is 10. The Morgan fingerprint density at radius 3 is 1.72 bits per heavy atom. The first-order valence-corrected chi connectivity index (χ1v) is 16.6. The number of ether oxygens (including phenoxy) is 2. The normalized spacial score (nSPS) is 13.3. The topological polar surface area (TPSA) is 71.3 Å². The first-order chi connectivity index (χ1) is 22.0. The van der Waals surface area contributed by atoms with Crippen LogP contribution < -0.4 is 9.47 Å². The molecule has 0 aliphatic carbocycles. The van der Waals surface area contributed by atoms with Gasteiger partial charge in [-0.3, -0.25) is 4.99 Å². The molecule has 0 saturated heterocycles. The van der Waals surface area contributed by atoms with E-state index in [1.165, 1.54) is 0 Å². The summed E-state index contributed by atoms with van der Waals surface area (Å²) >= 11 is 6.50. The van der Waals surface area contributed by atoms with E-state index >= 15 is 0 Å². The zero-order chi connectivity index (χ0) is 34.7. The fourth-order valence-corrected chi connectivity index (χ4v) is 6.39. The molecule has 0 fully saturated rings. The Morgan fingerprint density at radius 2 is 1.28 bits per heavy atom. The van der Waals surface area contributed by atoms with Crippen molar-refractivity contribution in [3.8, 4) is 17.2 Å². The first kappa shape index (κ1) is 36.0. The van der Waals surface area contributed by atoms with Gasteiger partial charge in [0.15, 0.2) is 0 Å². The average Bonchev–Trinajstić information content (AvgIpc) is 3.02. The van der Waals surface area contributed by atoms with Crippen LogP contribution in [0.1, 0.15) is 100 Å². The number of aliphatic hydroxyl groups is 1. The van der Waals surface area contributed by atoms with Gasteiger partial charge < -0.3 is 19.7 Å². The fourth-order valence-electron chi connectivity index (χ4n) is 6.02. The molecular weight excluding hydrogens is 606 g/mol. The van der Waals surface area contributed by atoms with E-state index in [0.29, 0.717) is 45.2 Å². The lowest BCUT2D eigenvalue weighted by Gasteiger charge is -2.38. The summed E-state index contributed by atoms with van der Waals surface area (Å²) in [4.78, 5) is 5.15. The highest BCUT2D eigenvalue weighted by molar-refractivity contribution is 6.31. The number of phenols is 1. The molecule has 0 saturated carbocycles. The Labute approximate surface area is 286 Å². The highest BCUT2D eigenvalue weighted by atomic mass is 35.5. The summed E-state index contributed by atoms with van der Waals surface area (Å²) in [6.45, 7) is 16.9. The number of hydrogen-bond donors (Lipinski definition) is 2. The Morgan fingerprint density at radius 1 is 0.766 bits per heavy atom. The van der Waals surface area contributed by atoms with Crippen LogP contribution in [-0.2, 0) is 22.9 Å². The highest BCUT2D eigenvalue weighted by Gasteiger charge is 2.45. The molecule has 0 aliphatic rings. The van der Waals surface area contributed by atoms with Crippen molar-refractivity contribution in [3.63, 3.8) is 0 Å². The quantitative estimate of drug-likeness (QED) is 0.167. The van der Waals surface area contributed by atoms with Crippen molar-refractivity contribution in [1.82, 2.24) is 0 Å². The van der Waals surface area contributed by atoms with E-state index in [1.807, 2.05) is 80.6 Å². The zero-order valence-electron chi connectivity index (χ0n) is 29.5. The van der Waals surface area contributed by atoms with E-state index in [1.54, 1.807) is 32.6 Å². The molecule has 2 N–H and O–H groups in total. The third-order valence-corrected chi connectivity index (χ3v) is 9.20. The summed E-state index contributed by atoms with van der Waals surface area (Å²) in [5.41, 5.74) is 3.25. The predicted molar refractivity (Wildman–Crippen MR) is 195 cm³/mol. The monoisotopic (exact) mass is 655 g/mol. The standard InChI is InChI=1S/C41H50ClNO4/c1-26(2)37-33(42)19-16-28(38(37)44)25-43-36(22-27-14-12-11-13-15-27)41(45,31-23-29(39(3,4)5)17-20-34(31)46-9)32-24-30(40(6,7)8)18-21-35(32)47-10/h11-21,23-26,36,44-45H,22H2,1-10H3. The smallest absolute Gasteiger partial charge is 0.144 e. The number of halogens is 1. The van der Waals surface area contributed by atoms with E-state index in [2.05, 4.69) is 41.5 Å². The van der Waals surface area contributed by atoms with Crippen LogP contribution >= 0.6 is 11.6 Å². The van der Waals surface area contributed by atoms with Crippen LogP contribution in [0, 0.1) is 0 Å². The third kappa shape index (κ3) is 7.69. The van der Waals surface area contributed by atoms with Gasteiger partial charge in [-0.15, -0.1) is 0 Å². The minimum absolute atomic E-state index is 0.00157. The van der Waals surface area contributed by atoms with Gasteiger partial charge >= 0.3 is 0 Å². The first-order valence-electron chi connectivity index (χ1n) is 16.2. The number of methoxy groups -OCH3 is 2. The second-order valence-corrected chi connectivity index (χ2v) is 15.0. The van der Waals surface area contributed by atoms with Crippen molar-refractivity contribution < 1.29 is 19.7 Å². The molecule has 1 atom stereocenters. The Bertz CT molecular complexity index is 1650. The lowest BCUT2D eigenvalue weighted by molar-refractivity contribution is 0.0475. The molecule has 6 heteroatoms. The van der Waals surface area contributed by atoms with E-state index in [-0.39, 0.29) is 22.5 Å². The van der Waals surface area contributed by atoms with Crippen molar-refractivity contribution in [2.75, 3.05) is 14.2 Å². The molecular formula is C41H50ClNO4. The van der Waals surface area contributed by atoms with Gasteiger partial charge in [0.05, 0.1) is 20.3 Å². The lowest BCUT2D eigenvalue weighted by atomic mass is 9.73. The predicted octanol–water partition coefficient (Wildman–Crippen LogP) is 9.75. The van der Waals surface area contributed by atoms with Crippen molar-refractivity contribution in [2.24, 2.45) is 4.99 Å². The van der Waals surface area contributed by atoms with Crippen molar-refractivity contribution in [1.29, 1.82) is 0 Å². The molecule has 47 heavy (non-hydrogen) atoms. The number of phenolic OH excluding ortho intramolecular Hbond substituents is 1. The van der Waals surface area contributed by atoms with Crippen molar-refractivity contribution in [3.05, 3.63) is 123 Å². The summed E-state index contributed by atoms with van der Waals surface area (Å²) in [6.07, 6.45) is 2.03. The van der Waals surface area contributed by atoms with Crippen LogP contribution in [0.15, 0.2) is 83.9 Å². The van der Waals surface area contributed by atoms with Crippen LogP contribution in [0.2, 0.25) is 5.02 Å². The summed E-state index contributed by atoms with van der Waals surface area (Å²) in [7, 11) is 3.24. The molecule has 4 rings (SSSR count). The van der Waals surface area contributed by atoms with E-state index in [9.17, 15) is 10.2 Å². The van der Waals surface area contributed by atoms with Gasteiger partial charge in [-0.25, -0.2) is 0 Å². The molecule has 0 amide bonds. The Hall–Kier alpha value is -3.80. The lowest BCUT2D eigenvalue weighted by Crippen LogP contribution is -2.42. The maximum Gasteiger partial charge on any atom is 0.144 e. The summed E-state index contributed by atoms with van der Waals surface area (Å²) in [5.74, 6) is 1.15. The molecule has 0 bridgehead atoms. The second-order valence-electron chi connectivity index (χ2n) is 14.6. The maximum absolute atomic E-state index is 13.7. The van der Waals surface area contributed by atoms with Crippen molar-refractivity contribution >= 4 is 17.8 Å². The Balaban J connectivity index is 2.12. The van der Waals surface area contributed by atoms with E-state index in [0.717, 1.165) is 16.7 Å². The minimum atomic E-state index is -1.74. The molecule has 4 aromatic carbocycles. The van der Waals surface area contributed by atoms with Gasteiger partial charge in [0, 0.05) is 33.5 Å². The summed E-state index contributed by atoms with van der Waals surface area (Å²) in [6, 6.07) is 24.8. The number of nitrogens with zero attached hydrogens (tertiary/aromatic N) is 1. The second kappa shape index (κ2) is 14.1. The molecule has 0 heterocycles. The van der Waals surface area contributed by atoms with Gasteiger partial charge in [0.25, 0.3) is 0 Å².